The van der Waals surface area contributed by atoms with Gasteiger partial charge >= 0.3 is 0 Å². The molecule has 12 heteroatoms. The first-order valence-electron chi connectivity index (χ1n) is 12.3. The number of aliphatic hydroxyl groups excluding tert-OH is 1. The zero-order valence-corrected chi connectivity index (χ0v) is 23.7. The number of allylic oxidation sites excluding steroid dienone is 1. The normalized spacial score (nSPS) is 12.0. The van der Waals surface area contributed by atoms with Crippen LogP contribution in [0.5, 0.6) is 23.1 Å². The van der Waals surface area contributed by atoms with E-state index >= 15 is 0 Å². The van der Waals surface area contributed by atoms with Crippen LogP contribution in [0.4, 0.5) is 5.82 Å². The monoisotopic (exact) mass is 567 g/mol. The molecule has 0 radical (unpaired) electrons. The molecule has 3 rings (SSSR count). The van der Waals surface area contributed by atoms with Crippen molar-refractivity contribution in [1.29, 1.82) is 0 Å². The fourth-order valence-corrected chi connectivity index (χ4v) is 4.38. The van der Waals surface area contributed by atoms with E-state index in [1.165, 1.54) is 31.7 Å². The molecule has 212 valence electrons. The Morgan fingerprint density at radius 1 is 1.07 bits per heavy atom. The highest BCUT2D eigenvalue weighted by atomic mass is 32.2. The van der Waals surface area contributed by atoms with Crippen molar-refractivity contribution in [3.05, 3.63) is 72.2 Å². The summed E-state index contributed by atoms with van der Waals surface area (Å²) in [5, 5.41) is 9.38. The molecule has 40 heavy (non-hydrogen) atoms. The SMILES string of the molecule is C=N/C=C\C=NCc1nc(NS(=O)(=O)c2ccc(C(C)(C)C)cc2)c(Oc2ccccc2OC)c(OCCO)n1. The smallest absolute Gasteiger partial charge is 0.263 e. The van der Waals surface area contributed by atoms with Crippen LogP contribution in [-0.4, -0.2) is 56.7 Å². The summed E-state index contributed by atoms with van der Waals surface area (Å²) >= 11 is 0. The largest absolute Gasteiger partial charge is 0.493 e. The summed E-state index contributed by atoms with van der Waals surface area (Å²) in [6.07, 6.45) is 4.50. The first-order valence-corrected chi connectivity index (χ1v) is 13.8. The Balaban J connectivity index is 2.11. The number of sulfonamides is 1. The maximum atomic E-state index is 13.5. The number of methoxy groups -OCH3 is 1. The third-order valence-electron chi connectivity index (χ3n) is 5.37. The van der Waals surface area contributed by atoms with E-state index in [9.17, 15) is 13.5 Å². The van der Waals surface area contributed by atoms with E-state index in [0.29, 0.717) is 5.75 Å². The molecule has 0 amide bonds. The second-order valence-corrected chi connectivity index (χ2v) is 11.0. The second-order valence-electron chi connectivity index (χ2n) is 9.34. The lowest BCUT2D eigenvalue weighted by atomic mass is 9.87. The van der Waals surface area contributed by atoms with Crippen LogP contribution < -0.4 is 18.9 Å². The number of nitrogens with zero attached hydrogens (tertiary/aromatic N) is 4. The van der Waals surface area contributed by atoms with Crippen LogP contribution in [-0.2, 0) is 22.0 Å². The molecule has 0 bridgehead atoms. The molecule has 0 spiro atoms. The van der Waals surface area contributed by atoms with Crippen molar-refractivity contribution < 1.29 is 27.7 Å². The van der Waals surface area contributed by atoms with E-state index < -0.39 is 10.0 Å². The summed E-state index contributed by atoms with van der Waals surface area (Å²) in [5.74, 6) is 0.406. The van der Waals surface area contributed by atoms with Crippen LogP contribution in [0.1, 0.15) is 32.2 Å². The van der Waals surface area contributed by atoms with Gasteiger partial charge < -0.3 is 19.3 Å². The number of anilines is 1. The molecule has 2 N–H and O–H groups in total. The molecule has 0 unspecified atom stereocenters. The van der Waals surface area contributed by atoms with Gasteiger partial charge in [-0.3, -0.25) is 14.7 Å². The molecule has 0 aliphatic carbocycles. The molecular formula is C28H33N5O6S. The number of para-hydroxylation sites is 2. The number of hydrogen-bond donors (Lipinski definition) is 2. The highest BCUT2D eigenvalue weighted by Crippen LogP contribution is 2.40. The fraction of sp³-hybridized carbons (Fsp3) is 0.286. The molecule has 3 aromatic rings. The molecule has 1 aromatic heterocycles. The van der Waals surface area contributed by atoms with E-state index in [0.717, 1.165) is 5.56 Å². The average Bonchev–Trinajstić information content (AvgIpc) is 2.93. The van der Waals surface area contributed by atoms with Gasteiger partial charge in [-0.2, -0.15) is 4.98 Å². The quantitative estimate of drug-likeness (QED) is 0.287. The summed E-state index contributed by atoms with van der Waals surface area (Å²) in [6, 6.07) is 13.4. The van der Waals surface area contributed by atoms with Crippen LogP contribution in [0.25, 0.3) is 0 Å². The number of benzene rings is 2. The van der Waals surface area contributed by atoms with Crippen molar-refractivity contribution in [3.63, 3.8) is 0 Å². The molecule has 11 nitrogen and oxygen atoms in total. The van der Waals surface area contributed by atoms with Gasteiger partial charge in [0.15, 0.2) is 23.1 Å². The van der Waals surface area contributed by atoms with Crippen molar-refractivity contribution in [2.24, 2.45) is 9.98 Å². The molecule has 1 heterocycles. The van der Waals surface area contributed by atoms with Crippen LogP contribution in [0.3, 0.4) is 0 Å². The summed E-state index contributed by atoms with van der Waals surface area (Å²) in [6.45, 7) is 9.02. The van der Waals surface area contributed by atoms with E-state index in [-0.39, 0.29) is 59.1 Å². The van der Waals surface area contributed by atoms with Gasteiger partial charge in [-0.25, -0.2) is 13.4 Å². The highest BCUT2D eigenvalue weighted by Gasteiger charge is 2.25. The molecular weight excluding hydrogens is 534 g/mol. The molecule has 2 aromatic carbocycles. The maximum Gasteiger partial charge on any atom is 0.263 e. The highest BCUT2D eigenvalue weighted by molar-refractivity contribution is 7.92. The van der Waals surface area contributed by atoms with Gasteiger partial charge in [0.1, 0.15) is 6.61 Å². The Morgan fingerprint density at radius 3 is 2.40 bits per heavy atom. The lowest BCUT2D eigenvalue weighted by Gasteiger charge is -2.20. The van der Waals surface area contributed by atoms with Gasteiger partial charge in [0, 0.05) is 12.4 Å². The van der Waals surface area contributed by atoms with Crippen molar-refractivity contribution in [2.45, 2.75) is 37.6 Å². The van der Waals surface area contributed by atoms with E-state index in [1.807, 2.05) is 20.8 Å². The zero-order chi connectivity index (χ0) is 29.2. The number of aliphatic hydroxyl groups is 1. The number of aliphatic imine (C=N–C) groups is 2. The maximum absolute atomic E-state index is 13.5. The van der Waals surface area contributed by atoms with Gasteiger partial charge in [-0.05, 0) is 48.0 Å². The minimum Gasteiger partial charge on any atom is -0.493 e. The number of ether oxygens (including phenoxy) is 3. The lowest BCUT2D eigenvalue weighted by molar-refractivity contribution is 0.192. The summed E-state index contributed by atoms with van der Waals surface area (Å²) in [4.78, 5) is 16.6. The Hall–Kier alpha value is -4.29. The standard InChI is InChI=1S/C28H33N5O6S/c1-28(2,3)20-11-13-21(14-12-20)40(35,36)33-26-25(39-23-10-7-6-9-22(23)37-5)27(38-18-17-34)32-24(31-26)19-30-16-8-15-29-4/h6-16,34H,4,17-19H2,1-3,5H3,(H,31,32,33)/b15-8-,30-16?. The second kappa shape index (κ2) is 13.7. The van der Waals surface area contributed by atoms with Crippen LogP contribution in [0.15, 0.2) is 75.7 Å². The predicted octanol–water partition coefficient (Wildman–Crippen LogP) is 4.53. The van der Waals surface area contributed by atoms with E-state index in [4.69, 9.17) is 14.2 Å². The van der Waals surface area contributed by atoms with Gasteiger partial charge in [0.2, 0.25) is 5.75 Å². The molecule has 0 saturated carbocycles. The van der Waals surface area contributed by atoms with Crippen molar-refractivity contribution >= 4 is 28.8 Å². The zero-order valence-electron chi connectivity index (χ0n) is 22.9. The first-order chi connectivity index (χ1) is 19.1. The minimum absolute atomic E-state index is 0.0130. The fourth-order valence-electron chi connectivity index (χ4n) is 3.37. The third kappa shape index (κ3) is 8.10. The Morgan fingerprint density at radius 2 is 1.77 bits per heavy atom. The average molecular weight is 568 g/mol. The molecule has 0 atom stereocenters. The number of hydrogen-bond acceptors (Lipinski definition) is 10. The van der Waals surface area contributed by atoms with Crippen LogP contribution in [0, 0.1) is 0 Å². The van der Waals surface area contributed by atoms with Crippen LogP contribution >= 0.6 is 0 Å². The number of nitrogens with one attached hydrogen (secondary N) is 1. The number of rotatable bonds is 13. The van der Waals surface area contributed by atoms with E-state index in [1.54, 1.807) is 42.5 Å². The van der Waals surface area contributed by atoms with Gasteiger partial charge in [-0.1, -0.05) is 45.0 Å². The Bertz CT molecular complexity index is 1470. The summed E-state index contributed by atoms with van der Waals surface area (Å²) in [5.41, 5.74) is 0.831. The summed E-state index contributed by atoms with van der Waals surface area (Å²) < 4.78 is 46.5. The number of aromatic nitrogens is 2. The minimum atomic E-state index is -4.12. The third-order valence-corrected chi connectivity index (χ3v) is 6.72. The van der Waals surface area contributed by atoms with Crippen molar-refractivity contribution in [3.8, 4) is 23.1 Å². The van der Waals surface area contributed by atoms with E-state index in [2.05, 4.69) is 31.4 Å². The molecule has 0 saturated heterocycles. The topological polar surface area (TPSA) is 145 Å². The van der Waals surface area contributed by atoms with Gasteiger partial charge in [0.05, 0.1) is 25.2 Å². The Kier molecular flexibility index (Phi) is 10.3. The molecule has 0 aliphatic rings. The van der Waals surface area contributed by atoms with Gasteiger partial charge in [0.25, 0.3) is 15.9 Å². The summed E-state index contributed by atoms with van der Waals surface area (Å²) in [7, 11) is -2.64. The van der Waals surface area contributed by atoms with Crippen LogP contribution in [0.2, 0.25) is 0 Å². The molecule has 0 fully saturated rings. The predicted molar refractivity (Wildman–Crippen MR) is 155 cm³/mol. The molecule has 0 aliphatic heterocycles. The lowest BCUT2D eigenvalue weighted by Crippen LogP contribution is -2.17. The van der Waals surface area contributed by atoms with Crippen molar-refractivity contribution in [1.82, 2.24) is 9.97 Å². The first kappa shape index (κ1) is 30.3. The van der Waals surface area contributed by atoms with Crippen molar-refractivity contribution in [2.75, 3.05) is 25.0 Å². The Labute approximate surface area is 234 Å². The van der Waals surface area contributed by atoms with Gasteiger partial charge in [-0.15, -0.1) is 0 Å².